The normalized spacial score (nSPS) is 10.8. The van der Waals surface area contributed by atoms with E-state index in [1.165, 1.54) is 11.1 Å². The van der Waals surface area contributed by atoms with Crippen molar-refractivity contribution in [2.45, 2.75) is 19.8 Å². The molecule has 0 aromatic heterocycles. The molecule has 0 saturated carbocycles. The number of guanidine groups is 1. The number of methoxy groups -OCH3 is 1. The van der Waals surface area contributed by atoms with Crippen LogP contribution in [-0.2, 0) is 6.42 Å². The van der Waals surface area contributed by atoms with E-state index in [9.17, 15) is 0 Å². The number of hydrogen-bond acceptors (Lipinski definition) is 2. The van der Waals surface area contributed by atoms with Crippen molar-refractivity contribution in [1.29, 1.82) is 0 Å². The Morgan fingerprint density at radius 3 is 2.35 bits per heavy atom. The number of nitrogens with zero attached hydrogens (tertiary/aromatic N) is 1. The molecule has 0 radical (unpaired) electrons. The molecule has 0 saturated heterocycles. The Morgan fingerprint density at radius 1 is 1.09 bits per heavy atom. The number of halogens is 1. The number of nitrogens with one attached hydrogen (secondary N) is 1. The predicted molar refractivity (Wildman–Crippen MR) is 108 cm³/mol. The van der Waals surface area contributed by atoms with Crippen LogP contribution in [0.2, 0.25) is 0 Å². The van der Waals surface area contributed by atoms with Gasteiger partial charge < -0.3 is 15.8 Å². The summed E-state index contributed by atoms with van der Waals surface area (Å²) in [5.41, 5.74) is 9.35. The molecule has 0 fully saturated rings. The SMILES string of the molecule is COc1ccc(CCCN=C(N)Nc2ccc(C)cc2)cc1.I. The summed E-state index contributed by atoms with van der Waals surface area (Å²) >= 11 is 0. The minimum Gasteiger partial charge on any atom is -0.497 e. The largest absolute Gasteiger partial charge is 0.497 e. The van der Waals surface area contributed by atoms with Gasteiger partial charge in [-0.25, -0.2) is 0 Å². The Bertz CT molecular complexity index is 609. The Morgan fingerprint density at radius 2 is 1.74 bits per heavy atom. The van der Waals surface area contributed by atoms with Crippen LogP contribution in [-0.4, -0.2) is 19.6 Å². The molecule has 0 aliphatic rings. The van der Waals surface area contributed by atoms with E-state index >= 15 is 0 Å². The monoisotopic (exact) mass is 425 g/mol. The van der Waals surface area contributed by atoms with Gasteiger partial charge in [-0.15, -0.1) is 24.0 Å². The summed E-state index contributed by atoms with van der Waals surface area (Å²) in [4.78, 5) is 4.35. The molecule has 2 rings (SSSR count). The highest BCUT2D eigenvalue weighted by molar-refractivity contribution is 14.0. The predicted octanol–water partition coefficient (Wildman–Crippen LogP) is 3.98. The van der Waals surface area contributed by atoms with Gasteiger partial charge in [-0.2, -0.15) is 0 Å². The molecule has 0 bridgehead atoms. The number of aliphatic imine (C=N–C) groups is 1. The molecule has 0 spiro atoms. The second-order valence-electron chi connectivity index (χ2n) is 5.21. The number of nitrogens with two attached hydrogens (primary N) is 1. The number of aryl methyl sites for hydroxylation is 2. The van der Waals surface area contributed by atoms with Crippen LogP contribution in [0.25, 0.3) is 0 Å². The van der Waals surface area contributed by atoms with Gasteiger partial charge in [0.15, 0.2) is 5.96 Å². The first-order chi connectivity index (χ1) is 10.7. The summed E-state index contributed by atoms with van der Waals surface area (Å²) in [5, 5.41) is 3.09. The number of rotatable bonds is 6. The van der Waals surface area contributed by atoms with E-state index in [0.29, 0.717) is 12.5 Å². The fourth-order valence-corrected chi connectivity index (χ4v) is 2.10. The van der Waals surface area contributed by atoms with Gasteiger partial charge in [0, 0.05) is 12.2 Å². The van der Waals surface area contributed by atoms with Crippen molar-refractivity contribution in [3.05, 3.63) is 59.7 Å². The van der Waals surface area contributed by atoms with Crippen LogP contribution in [0.15, 0.2) is 53.5 Å². The Hall–Kier alpha value is -1.76. The second-order valence-corrected chi connectivity index (χ2v) is 5.21. The van der Waals surface area contributed by atoms with Gasteiger partial charge in [-0.05, 0) is 49.6 Å². The molecule has 2 aromatic rings. The lowest BCUT2D eigenvalue weighted by molar-refractivity contribution is 0.414. The molecule has 0 unspecified atom stereocenters. The first-order valence-electron chi connectivity index (χ1n) is 7.44. The van der Waals surface area contributed by atoms with Crippen molar-refractivity contribution in [2.75, 3.05) is 19.0 Å². The summed E-state index contributed by atoms with van der Waals surface area (Å²) < 4.78 is 5.14. The zero-order valence-electron chi connectivity index (χ0n) is 13.6. The Labute approximate surface area is 155 Å². The van der Waals surface area contributed by atoms with Crippen molar-refractivity contribution >= 4 is 35.6 Å². The van der Waals surface area contributed by atoms with E-state index in [1.807, 2.05) is 36.4 Å². The van der Waals surface area contributed by atoms with Crippen LogP contribution in [0, 0.1) is 6.92 Å². The molecule has 3 N–H and O–H groups in total. The average Bonchev–Trinajstić information content (AvgIpc) is 2.54. The van der Waals surface area contributed by atoms with Gasteiger partial charge in [0.05, 0.1) is 7.11 Å². The number of anilines is 1. The maximum Gasteiger partial charge on any atom is 0.193 e. The Kier molecular flexibility index (Phi) is 8.47. The van der Waals surface area contributed by atoms with Gasteiger partial charge in [0.2, 0.25) is 0 Å². The zero-order chi connectivity index (χ0) is 15.8. The third-order valence-electron chi connectivity index (χ3n) is 3.39. The van der Waals surface area contributed by atoms with Crippen LogP contribution in [0.5, 0.6) is 5.75 Å². The summed E-state index contributed by atoms with van der Waals surface area (Å²) in [6.07, 6.45) is 1.94. The Balaban J connectivity index is 0.00000264. The highest BCUT2D eigenvalue weighted by Crippen LogP contribution is 2.12. The molecule has 0 aliphatic heterocycles. The fraction of sp³-hybridized carbons (Fsp3) is 0.278. The maximum atomic E-state index is 5.88. The molecular formula is C18H24IN3O. The van der Waals surface area contributed by atoms with Crippen LogP contribution in [0.1, 0.15) is 17.5 Å². The molecule has 0 aliphatic carbocycles. The highest BCUT2D eigenvalue weighted by atomic mass is 127. The van der Waals surface area contributed by atoms with Gasteiger partial charge in [-0.3, -0.25) is 4.99 Å². The minimum atomic E-state index is 0. The first-order valence-corrected chi connectivity index (χ1v) is 7.44. The van der Waals surface area contributed by atoms with E-state index in [-0.39, 0.29) is 24.0 Å². The van der Waals surface area contributed by atoms with Crippen molar-refractivity contribution in [3.63, 3.8) is 0 Å². The molecule has 23 heavy (non-hydrogen) atoms. The zero-order valence-corrected chi connectivity index (χ0v) is 15.9. The van der Waals surface area contributed by atoms with E-state index in [2.05, 4.69) is 29.4 Å². The van der Waals surface area contributed by atoms with Gasteiger partial charge >= 0.3 is 0 Å². The third kappa shape index (κ3) is 6.90. The number of benzene rings is 2. The molecule has 2 aromatic carbocycles. The molecule has 0 amide bonds. The molecule has 4 nitrogen and oxygen atoms in total. The van der Waals surface area contributed by atoms with Crippen molar-refractivity contribution in [1.82, 2.24) is 0 Å². The second kappa shape index (κ2) is 10.1. The lowest BCUT2D eigenvalue weighted by Crippen LogP contribution is -2.22. The molecule has 124 valence electrons. The maximum absolute atomic E-state index is 5.88. The number of ether oxygens (including phenoxy) is 1. The standard InChI is InChI=1S/C18H23N3O.HI/c1-14-5-9-16(10-6-14)21-18(19)20-13-3-4-15-7-11-17(22-2)12-8-15;/h5-12H,3-4,13H2,1-2H3,(H3,19,20,21);1H. The summed E-state index contributed by atoms with van der Waals surface area (Å²) in [7, 11) is 1.67. The summed E-state index contributed by atoms with van der Waals surface area (Å²) in [6, 6.07) is 16.2. The molecule has 0 heterocycles. The lowest BCUT2D eigenvalue weighted by atomic mass is 10.1. The van der Waals surface area contributed by atoms with Crippen LogP contribution >= 0.6 is 24.0 Å². The van der Waals surface area contributed by atoms with Crippen molar-refractivity contribution in [2.24, 2.45) is 10.7 Å². The quantitative estimate of drug-likeness (QED) is 0.319. The van der Waals surface area contributed by atoms with Crippen LogP contribution < -0.4 is 15.8 Å². The first kappa shape index (κ1) is 19.3. The lowest BCUT2D eigenvalue weighted by Gasteiger charge is -2.06. The van der Waals surface area contributed by atoms with E-state index in [1.54, 1.807) is 7.11 Å². The highest BCUT2D eigenvalue weighted by Gasteiger charge is 1.96. The molecular weight excluding hydrogens is 401 g/mol. The number of hydrogen-bond donors (Lipinski definition) is 2. The average molecular weight is 425 g/mol. The third-order valence-corrected chi connectivity index (χ3v) is 3.39. The topological polar surface area (TPSA) is 59.6 Å². The molecule has 5 heteroatoms. The summed E-state index contributed by atoms with van der Waals surface area (Å²) in [5.74, 6) is 1.34. The van der Waals surface area contributed by atoms with Gasteiger partial charge in [0.25, 0.3) is 0 Å². The van der Waals surface area contributed by atoms with Crippen LogP contribution in [0.3, 0.4) is 0 Å². The van der Waals surface area contributed by atoms with Crippen LogP contribution in [0.4, 0.5) is 5.69 Å². The van der Waals surface area contributed by atoms with Crippen molar-refractivity contribution < 1.29 is 4.74 Å². The summed E-state index contributed by atoms with van der Waals surface area (Å²) in [6.45, 7) is 2.76. The fourth-order valence-electron chi connectivity index (χ4n) is 2.10. The van der Waals surface area contributed by atoms with E-state index < -0.39 is 0 Å². The smallest absolute Gasteiger partial charge is 0.193 e. The minimum absolute atomic E-state index is 0. The van der Waals surface area contributed by atoms with Gasteiger partial charge in [-0.1, -0.05) is 29.8 Å². The van der Waals surface area contributed by atoms with Gasteiger partial charge in [0.1, 0.15) is 5.75 Å². The van der Waals surface area contributed by atoms with Crippen molar-refractivity contribution in [3.8, 4) is 5.75 Å². The van der Waals surface area contributed by atoms with E-state index in [4.69, 9.17) is 10.5 Å². The van der Waals surface area contributed by atoms with E-state index in [0.717, 1.165) is 24.3 Å². The molecule has 0 atom stereocenters.